The average molecular weight is 652 g/mol. The molecule has 1 N–H and O–H groups in total. The Balaban J connectivity index is 0.00000600. The number of aryl methyl sites for hydroxylation is 3. The molecule has 2 heterocycles. The quantitative estimate of drug-likeness (QED) is 0.191. The molecule has 4 aromatic rings. The molecule has 2 aromatic carbocycles. The molecule has 0 aliphatic rings. The standard InChI is InChI=1S/C34H43N5O6S.H2/c1-8-10-15-31-35-23(4)29(19-32(40)38(6)7)34(41)39(31)20-25-16-17-27(26(18-25)21-44-9-2)28-13-11-12-14-30(28)46(42,43)37-33-22(3)24(5)45-36-33;/h11-14,16-18H,8-10,15,19-21H2,1-7H3,(H,36,37);1H. The lowest BCUT2D eigenvalue weighted by Gasteiger charge is -2.19. The third kappa shape index (κ3) is 7.73. The van der Waals surface area contributed by atoms with Gasteiger partial charge in [0.15, 0.2) is 5.82 Å². The van der Waals surface area contributed by atoms with Crippen LogP contribution in [0.3, 0.4) is 0 Å². The fourth-order valence-corrected chi connectivity index (χ4v) is 6.38. The number of anilines is 1. The van der Waals surface area contributed by atoms with Crippen molar-refractivity contribution in [2.24, 2.45) is 0 Å². The highest BCUT2D eigenvalue weighted by molar-refractivity contribution is 7.92. The maximum atomic E-state index is 13.9. The van der Waals surface area contributed by atoms with Crippen LogP contribution in [-0.2, 0) is 45.5 Å². The molecule has 0 fully saturated rings. The van der Waals surface area contributed by atoms with Crippen LogP contribution in [0.1, 0.15) is 67.6 Å². The summed E-state index contributed by atoms with van der Waals surface area (Å²) in [6.45, 7) is 10.1. The third-order valence-electron chi connectivity index (χ3n) is 7.96. The van der Waals surface area contributed by atoms with E-state index >= 15 is 0 Å². The number of carbonyl (C=O) groups is 1. The zero-order chi connectivity index (χ0) is 33.6. The Morgan fingerprint density at radius 2 is 1.83 bits per heavy atom. The van der Waals surface area contributed by atoms with E-state index in [-0.39, 0.29) is 43.2 Å². The Bertz CT molecular complexity index is 1880. The monoisotopic (exact) mass is 651 g/mol. The topological polar surface area (TPSA) is 137 Å². The predicted molar refractivity (Wildman–Crippen MR) is 179 cm³/mol. The highest BCUT2D eigenvalue weighted by atomic mass is 32.2. The summed E-state index contributed by atoms with van der Waals surface area (Å²) in [6, 6.07) is 12.4. The van der Waals surface area contributed by atoms with Crippen molar-refractivity contribution in [3.05, 3.63) is 92.4 Å². The number of nitrogens with zero attached hydrogens (tertiary/aromatic N) is 4. The van der Waals surface area contributed by atoms with Gasteiger partial charge in [-0.05, 0) is 56.9 Å². The highest BCUT2D eigenvalue weighted by Gasteiger charge is 2.24. The number of carbonyl (C=O) groups excluding carboxylic acids is 1. The Labute approximate surface area is 272 Å². The van der Waals surface area contributed by atoms with Crippen LogP contribution in [0.5, 0.6) is 0 Å². The van der Waals surface area contributed by atoms with Crippen LogP contribution in [0.4, 0.5) is 5.82 Å². The van der Waals surface area contributed by atoms with Gasteiger partial charge in [-0.15, -0.1) is 0 Å². The summed E-state index contributed by atoms with van der Waals surface area (Å²) in [7, 11) is -0.714. The molecule has 0 saturated carbocycles. The van der Waals surface area contributed by atoms with Gasteiger partial charge < -0.3 is 14.2 Å². The van der Waals surface area contributed by atoms with Crippen LogP contribution >= 0.6 is 0 Å². The van der Waals surface area contributed by atoms with Gasteiger partial charge >= 0.3 is 0 Å². The molecule has 46 heavy (non-hydrogen) atoms. The maximum absolute atomic E-state index is 13.9. The van der Waals surface area contributed by atoms with Crippen molar-refractivity contribution in [1.82, 2.24) is 19.6 Å². The smallest absolute Gasteiger partial charge is 0.263 e. The number of rotatable bonds is 14. The number of amides is 1. The van der Waals surface area contributed by atoms with E-state index in [1.807, 2.05) is 25.1 Å². The van der Waals surface area contributed by atoms with E-state index in [1.54, 1.807) is 63.7 Å². The Morgan fingerprint density at radius 1 is 1.09 bits per heavy atom. The van der Waals surface area contributed by atoms with Gasteiger partial charge in [0.05, 0.1) is 24.5 Å². The molecule has 0 radical (unpaired) electrons. The predicted octanol–water partition coefficient (Wildman–Crippen LogP) is 5.43. The first-order chi connectivity index (χ1) is 21.9. The van der Waals surface area contributed by atoms with Crippen molar-refractivity contribution in [3.8, 4) is 11.1 Å². The molecule has 0 atom stereocenters. The minimum Gasteiger partial charge on any atom is -0.377 e. The number of hydrogen-bond acceptors (Lipinski definition) is 8. The zero-order valence-electron chi connectivity index (χ0n) is 27.6. The van der Waals surface area contributed by atoms with E-state index in [0.29, 0.717) is 52.6 Å². The van der Waals surface area contributed by atoms with Gasteiger partial charge in [-0.1, -0.05) is 54.9 Å². The Hall–Kier alpha value is -4.29. The maximum Gasteiger partial charge on any atom is 0.263 e. The van der Waals surface area contributed by atoms with Crippen molar-refractivity contribution in [3.63, 3.8) is 0 Å². The van der Waals surface area contributed by atoms with Crippen LogP contribution in [0.15, 0.2) is 56.7 Å². The number of unbranched alkanes of at least 4 members (excludes halogenated alkanes) is 1. The van der Waals surface area contributed by atoms with Crippen molar-refractivity contribution >= 4 is 21.7 Å². The largest absolute Gasteiger partial charge is 0.377 e. The van der Waals surface area contributed by atoms with E-state index in [0.717, 1.165) is 24.0 Å². The van der Waals surface area contributed by atoms with Crippen LogP contribution < -0.4 is 10.3 Å². The van der Waals surface area contributed by atoms with E-state index in [1.165, 1.54) is 4.90 Å². The zero-order valence-corrected chi connectivity index (χ0v) is 28.5. The summed E-state index contributed by atoms with van der Waals surface area (Å²) in [5, 5.41) is 3.87. The van der Waals surface area contributed by atoms with Crippen LogP contribution in [-0.4, -0.2) is 54.6 Å². The van der Waals surface area contributed by atoms with E-state index in [2.05, 4.69) is 16.8 Å². The number of aromatic nitrogens is 3. The van der Waals surface area contributed by atoms with E-state index in [9.17, 15) is 18.0 Å². The summed E-state index contributed by atoms with van der Waals surface area (Å²) in [6.07, 6.45) is 2.40. The summed E-state index contributed by atoms with van der Waals surface area (Å²) in [5.41, 5.74) is 4.09. The lowest BCUT2D eigenvalue weighted by atomic mass is 9.97. The molecule has 0 aliphatic heterocycles. The van der Waals surface area contributed by atoms with E-state index in [4.69, 9.17) is 14.2 Å². The van der Waals surface area contributed by atoms with Gasteiger partial charge in [-0.2, -0.15) is 0 Å². The molecule has 1 amide bonds. The molecule has 12 heteroatoms. The third-order valence-corrected chi connectivity index (χ3v) is 9.35. The highest BCUT2D eigenvalue weighted by Crippen LogP contribution is 2.33. The molecule has 4 rings (SSSR count). The van der Waals surface area contributed by atoms with Crippen LogP contribution in [0.2, 0.25) is 0 Å². The fourth-order valence-electron chi connectivity index (χ4n) is 5.10. The number of hydrogen-bond donors (Lipinski definition) is 1. The second-order valence-corrected chi connectivity index (χ2v) is 13.1. The van der Waals surface area contributed by atoms with Gasteiger partial charge in [-0.3, -0.25) is 18.9 Å². The molecule has 0 saturated heterocycles. The van der Waals surface area contributed by atoms with Crippen molar-refractivity contribution < 1.29 is 23.9 Å². The molecule has 0 aliphatic carbocycles. The van der Waals surface area contributed by atoms with Crippen molar-refractivity contribution in [2.45, 2.75) is 78.3 Å². The lowest BCUT2D eigenvalue weighted by molar-refractivity contribution is -0.128. The Kier molecular flexibility index (Phi) is 11.2. The number of benzene rings is 2. The molecule has 0 bridgehead atoms. The van der Waals surface area contributed by atoms with Gasteiger partial charge in [0, 0.05) is 50.9 Å². The van der Waals surface area contributed by atoms with Crippen molar-refractivity contribution in [2.75, 3.05) is 25.4 Å². The number of nitrogens with one attached hydrogen (secondary N) is 1. The molecular weight excluding hydrogens is 606 g/mol. The van der Waals surface area contributed by atoms with Gasteiger partial charge in [0.1, 0.15) is 11.6 Å². The fraction of sp³-hybridized carbons (Fsp3) is 0.412. The van der Waals surface area contributed by atoms with Crippen molar-refractivity contribution in [1.29, 1.82) is 0 Å². The molecule has 248 valence electrons. The summed E-state index contributed by atoms with van der Waals surface area (Å²) in [5.74, 6) is 1.16. The van der Waals surface area contributed by atoms with Crippen LogP contribution in [0.25, 0.3) is 11.1 Å². The van der Waals surface area contributed by atoms with Gasteiger partial charge in [-0.25, -0.2) is 13.4 Å². The molecule has 2 aromatic heterocycles. The first kappa shape index (κ1) is 34.6. The van der Waals surface area contributed by atoms with Gasteiger partial charge in [0.25, 0.3) is 15.6 Å². The first-order valence-corrected chi connectivity index (χ1v) is 16.9. The molecule has 11 nitrogen and oxygen atoms in total. The summed E-state index contributed by atoms with van der Waals surface area (Å²) >= 11 is 0. The minimum atomic E-state index is -4.04. The lowest BCUT2D eigenvalue weighted by Crippen LogP contribution is -2.33. The second-order valence-electron chi connectivity index (χ2n) is 11.5. The SMILES string of the molecule is CCCCc1nc(C)c(CC(=O)N(C)C)c(=O)n1Cc1ccc(-c2ccccc2S(=O)(=O)Nc2noc(C)c2C)c(COCC)c1.[HH]. The first-order valence-electron chi connectivity index (χ1n) is 15.4. The van der Waals surface area contributed by atoms with E-state index < -0.39 is 10.0 Å². The number of ether oxygens (including phenoxy) is 1. The summed E-state index contributed by atoms with van der Waals surface area (Å²) < 4.78 is 42.5. The second kappa shape index (κ2) is 14.9. The van der Waals surface area contributed by atoms with Gasteiger partial charge in [0.2, 0.25) is 5.91 Å². The Morgan fingerprint density at radius 3 is 2.48 bits per heavy atom. The van der Waals surface area contributed by atoms with Crippen LogP contribution in [0, 0.1) is 20.8 Å². The average Bonchev–Trinajstić information content (AvgIpc) is 3.34. The minimum absolute atomic E-state index is 0. The molecule has 0 spiro atoms. The normalized spacial score (nSPS) is 11.5. The number of sulfonamides is 1. The molecular formula is C34H45N5O6S. The molecule has 0 unspecified atom stereocenters. The number of likely N-dealkylation sites (N-methyl/N-ethyl adjacent to an activating group) is 1. The summed E-state index contributed by atoms with van der Waals surface area (Å²) in [4.78, 5) is 32.7.